The first-order valence-electron chi connectivity index (χ1n) is 9.94. The van der Waals surface area contributed by atoms with E-state index in [9.17, 15) is 18.8 Å². The van der Waals surface area contributed by atoms with Gasteiger partial charge in [-0.2, -0.15) is 5.10 Å². The van der Waals surface area contributed by atoms with Crippen LogP contribution >= 0.6 is 0 Å². The monoisotopic (exact) mass is 423 g/mol. The number of nitrogens with zero attached hydrogens (tertiary/aromatic N) is 4. The molecule has 4 rings (SSSR count). The maximum absolute atomic E-state index is 13.3. The number of carbonyl (C=O) groups excluding carboxylic acids is 1. The van der Waals surface area contributed by atoms with Gasteiger partial charge in [0.25, 0.3) is 5.56 Å². The van der Waals surface area contributed by atoms with Gasteiger partial charge < -0.3 is 5.32 Å². The Balaban J connectivity index is 1.82. The van der Waals surface area contributed by atoms with Gasteiger partial charge in [0.05, 0.1) is 17.1 Å². The fourth-order valence-electron chi connectivity index (χ4n) is 3.80. The number of hydrogen-bond donors (Lipinski definition) is 1. The van der Waals surface area contributed by atoms with Crippen LogP contribution in [0.4, 0.5) is 10.2 Å². The molecular formula is C22H22FN5O3. The minimum absolute atomic E-state index is 0.0389. The number of carbonyl (C=O) groups is 1. The first-order chi connectivity index (χ1) is 14.7. The summed E-state index contributed by atoms with van der Waals surface area (Å²) in [6.07, 6.45) is 2.31. The topological polar surface area (TPSA) is 90.9 Å². The van der Waals surface area contributed by atoms with E-state index in [2.05, 4.69) is 10.4 Å². The fourth-order valence-corrected chi connectivity index (χ4v) is 3.80. The molecule has 8 nitrogen and oxygen atoms in total. The third-order valence-corrected chi connectivity index (χ3v) is 5.42. The van der Waals surface area contributed by atoms with Crippen molar-refractivity contribution in [3.63, 3.8) is 0 Å². The van der Waals surface area contributed by atoms with Crippen molar-refractivity contribution < 1.29 is 9.18 Å². The highest BCUT2D eigenvalue weighted by Gasteiger charge is 2.33. The van der Waals surface area contributed by atoms with Gasteiger partial charge in [-0.3, -0.25) is 18.7 Å². The lowest BCUT2D eigenvalue weighted by atomic mass is 10.1. The SMILES string of the molecule is CCCn1c2c(c(=O)n(C)c1=O)C(=O)/C(=C/c1c(C)nn(-c3ccc(F)cc3)c1C)N2. The molecular weight excluding hydrogens is 401 g/mol. The zero-order valence-corrected chi connectivity index (χ0v) is 17.7. The zero-order chi connectivity index (χ0) is 22.4. The molecule has 1 aromatic carbocycles. The summed E-state index contributed by atoms with van der Waals surface area (Å²) < 4.78 is 17.3. The number of aryl methyl sites for hydroxylation is 1. The van der Waals surface area contributed by atoms with E-state index < -0.39 is 17.0 Å². The molecule has 0 aliphatic carbocycles. The molecule has 1 N–H and O–H groups in total. The molecule has 0 radical (unpaired) electrons. The van der Waals surface area contributed by atoms with Gasteiger partial charge in [0, 0.05) is 24.8 Å². The Labute approximate surface area is 177 Å². The lowest BCUT2D eigenvalue weighted by molar-refractivity contribution is 0.104. The number of allylic oxidation sites excluding steroid dienone is 1. The van der Waals surface area contributed by atoms with Crippen LogP contribution in [0.1, 0.15) is 40.7 Å². The number of hydrogen-bond acceptors (Lipinski definition) is 5. The maximum Gasteiger partial charge on any atom is 0.332 e. The van der Waals surface area contributed by atoms with Gasteiger partial charge in [0.1, 0.15) is 17.2 Å². The summed E-state index contributed by atoms with van der Waals surface area (Å²) in [6.45, 7) is 5.93. The van der Waals surface area contributed by atoms with Gasteiger partial charge in [-0.25, -0.2) is 13.9 Å². The van der Waals surface area contributed by atoms with E-state index >= 15 is 0 Å². The smallest absolute Gasteiger partial charge is 0.332 e. The van der Waals surface area contributed by atoms with Crippen molar-refractivity contribution in [3.8, 4) is 5.69 Å². The van der Waals surface area contributed by atoms with Crippen LogP contribution in [-0.4, -0.2) is 24.7 Å². The van der Waals surface area contributed by atoms with E-state index in [1.807, 2.05) is 13.8 Å². The lowest BCUT2D eigenvalue weighted by Crippen LogP contribution is -2.40. The molecule has 9 heteroatoms. The van der Waals surface area contributed by atoms with E-state index in [-0.39, 0.29) is 22.9 Å². The molecule has 0 unspecified atom stereocenters. The highest BCUT2D eigenvalue weighted by atomic mass is 19.1. The van der Waals surface area contributed by atoms with Crippen LogP contribution in [0.3, 0.4) is 0 Å². The average Bonchev–Trinajstić information content (AvgIpc) is 3.21. The first-order valence-corrected chi connectivity index (χ1v) is 9.94. The Hall–Kier alpha value is -3.75. The zero-order valence-electron chi connectivity index (χ0n) is 17.7. The highest BCUT2D eigenvalue weighted by Crippen LogP contribution is 2.28. The Morgan fingerprint density at radius 2 is 1.81 bits per heavy atom. The number of rotatable bonds is 4. The van der Waals surface area contributed by atoms with Gasteiger partial charge in [0.15, 0.2) is 0 Å². The van der Waals surface area contributed by atoms with Crippen LogP contribution < -0.4 is 16.6 Å². The Bertz CT molecular complexity index is 1360. The molecule has 31 heavy (non-hydrogen) atoms. The minimum atomic E-state index is -0.622. The number of Topliss-reactive ketones (excluding diaryl/α,β-unsaturated/α-hetero) is 1. The molecule has 1 aliphatic rings. The molecule has 1 aliphatic heterocycles. The third kappa shape index (κ3) is 3.22. The van der Waals surface area contributed by atoms with Gasteiger partial charge in [-0.05, 0) is 50.6 Å². The highest BCUT2D eigenvalue weighted by molar-refractivity contribution is 6.19. The van der Waals surface area contributed by atoms with Crippen LogP contribution in [0.5, 0.6) is 0 Å². The lowest BCUT2D eigenvalue weighted by Gasteiger charge is -2.11. The first kappa shape index (κ1) is 20.5. The summed E-state index contributed by atoms with van der Waals surface area (Å²) in [5, 5.41) is 7.49. The van der Waals surface area contributed by atoms with Crippen molar-refractivity contribution >= 4 is 17.7 Å². The summed E-state index contributed by atoms with van der Waals surface area (Å²) >= 11 is 0. The van der Waals surface area contributed by atoms with Crippen molar-refractivity contribution in [3.05, 3.63) is 79.1 Å². The van der Waals surface area contributed by atoms with Crippen molar-refractivity contribution in [1.29, 1.82) is 0 Å². The predicted molar refractivity (Wildman–Crippen MR) is 115 cm³/mol. The van der Waals surface area contributed by atoms with Gasteiger partial charge in [-0.1, -0.05) is 6.92 Å². The number of anilines is 1. The summed E-state index contributed by atoms with van der Waals surface area (Å²) in [6, 6.07) is 5.94. The quantitative estimate of drug-likeness (QED) is 0.652. The molecule has 0 fully saturated rings. The standard InChI is InChI=1S/C22H22FN5O3/c1-5-10-27-20-18(21(30)26(4)22(27)31)19(29)17(24-20)11-16-12(2)25-28(13(16)3)15-8-6-14(23)7-9-15/h6-9,11,24H,5,10H2,1-4H3/b17-11-. The Morgan fingerprint density at radius 1 is 1.13 bits per heavy atom. The normalized spacial score (nSPS) is 14.2. The second-order valence-electron chi connectivity index (χ2n) is 7.51. The molecule has 0 saturated carbocycles. The molecule has 0 spiro atoms. The van der Waals surface area contributed by atoms with E-state index in [4.69, 9.17) is 0 Å². The van der Waals surface area contributed by atoms with Gasteiger partial charge >= 0.3 is 5.69 Å². The summed E-state index contributed by atoms with van der Waals surface area (Å²) in [5.74, 6) is -0.577. The minimum Gasteiger partial charge on any atom is -0.338 e. The molecule has 0 atom stereocenters. The maximum atomic E-state index is 13.3. The fraction of sp³-hybridized carbons (Fsp3) is 0.273. The van der Waals surface area contributed by atoms with Crippen LogP contribution in [0.25, 0.3) is 11.8 Å². The molecule has 0 amide bonds. The second-order valence-corrected chi connectivity index (χ2v) is 7.51. The summed E-state index contributed by atoms with van der Waals surface area (Å²) in [4.78, 5) is 38.2. The van der Waals surface area contributed by atoms with Crippen LogP contribution in [0.15, 0.2) is 39.6 Å². The third-order valence-electron chi connectivity index (χ3n) is 5.42. The van der Waals surface area contributed by atoms with Crippen LogP contribution in [-0.2, 0) is 13.6 Å². The largest absolute Gasteiger partial charge is 0.338 e. The molecule has 2 aromatic heterocycles. The number of fused-ring (bicyclic) bond motifs is 1. The van der Waals surface area contributed by atoms with Crippen molar-refractivity contribution in [1.82, 2.24) is 18.9 Å². The van der Waals surface area contributed by atoms with Crippen LogP contribution in [0, 0.1) is 19.7 Å². The van der Waals surface area contributed by atoms with Gasteiger partial charge in [0.2, 0.25) is 5.78 Å². The number of nitrogens with one attached hydrogen (secondary N) is 1. The molecule has 160 valence electrons. The van der Waals surface area contributed by atoms with Crippen molar-refractivity contribution in [2.75, 3.05) is 5.32 Å². The van der Waals surface area contributed by atoms with Crippen molar-refractivity contribution in [2.24, 2.45) is 7.05 Å². The molecule has 0 saturated heterocycles. The number of aromatic nitrogens is 4. The Kier molecular flexibility index (Phi) is 4.96. The average molecular weight is 423 g/mol. The van der Waals surface area contributed by atoms with E-state index in [1.165, 1.54) is 23.7 Å². The predicted octanol–water partition coefficient (Wildman–Crippen LogP) is 2.55. The van der Waals surface area contributed by atoms with Crippen LogP contribution in [0.2, 0.25) is 0 Å². The Morgan fingerprint density at radius 3 is 2.45 bits per heavy atom. The molecule has 3 heterocycles. The van der Waals surface area contributed by atoms with Crippen molar-refractivity contribution in [2.45, 2.75) is 33.7 Å². The molecule has 3 aromatic rings. The number of halogens is 1. The van der Waals surface area contributed by atoms with Gasteiger partial charge in [-0.15, -0.1) is 0 Å². The van der Waals surface area contributed by atoms with E-state index in [0.29, 0.717) is 29.9 Å². The number of ketones is 1. The summed E-state index contributed by atoms with van der Waals surface area (Å²) in [7, 11) is 1.37. The molecule has 0 bridgehead atoms. The second kappa shape index (κ2) is 7.50. The van der Waals surface area contributed by atoms with E-state index in [1.54, 1.807) is 29.8 Å². The van der Waals surface area contributed by atoms with E-state index in [0.717, 1.165) is 10.3 Å². The summed E-state index contributed by atoms with van der Waals surface area (Å²) in [5.41, 5.74) is 1.88. The number of benzene rings is 1.